The summed E-state index contributed by atoms with van der Waals surface area (Å²) in [6.07, 6.45) is 2.55. The number of nitrogens with zero attached hydrogens (tertiary/aromatic N) is 2. The van der Waals surface area contributed by atoms with E-state index in [9.17, 15) is 9.18 Å². The van der Waals surface area contributed by atoms with E-state index in [1.165, 1.54) is 31.0 Å². The number of benzene rings is 1. The maximum absolute atomic E-state index is 13.7. The molecule has 1 saturated carbocycles. The van der Waals surface area contributed by atoms with Crippen LogP contribution in [-0.2, 0) is 0 Å². The van der Waals surface area contributed by atoms with Crippen LogP contribution in [-0.4, -0.2) is 47.9 Å². The molecule has 0 radical (unpaired) electrons. The minimum atomic E-state index is -0.501. The van der Waals surface area contributed by atoms with Crippen LogP contribution >= 0.6 is 11.6 Å². The highest BCUT2D eigenvalue weighted by Gasteiger charge is 2.32. The molecule has 1 aliphatic heterocycles. The van der Waals surface area contributed by atoms with E-state index >= 15 is 0 Å². The van der Waals surface area contributed by atoms with Gasteiger partial charge in [0.1, 0.15) is 5.82 Å². The fraction of sp³-hybridized carbons (Fsp3) is 0.500. The quantitative estimate of drug-likeness (QED) is 0.832. The van der Waals surface area contributed by atoms with Crippen molar-refractivity contribution in [1.82, 2.24) is 9.80 Å². The van der Waals surface area contributed by atoms with Crippen molar-refractivity contribution in [3.05, 3.63) is 34.6 Å². The van der Waals surface area contributed by atoms with Crippen LogP contribution in [0.3, 0.4) is 0 Å². The van der Waals surface area contributed by atoms with Crippen molar-refractivity contribution in [3.8, 4) is 0 Å². The van der Waals surface area contributed by atoms with E-state index < -0.39 is 5.82 Å². The number of rotatable bonds is 2. The molecule has 0 aromatic heterocycles. The smallest absolute Gasteiger partial charge is 0.256 e. The molecule has 5 heteroatoms. The van der Waals surface area contributed by atoms with Gasteiger partial charge in [0.05, 0.1) is 5.56 Å². The van der Waals surface area contributed by atoms with Crippen LogP contribution in [0.4, 0.5) is 4.39 Å². The lowest BCUT2D eigenvalue weighted by Gasteiger charge is -2.34. The van der Waals surface area contributed by atoms with Crippen LogP contribution in [0.1, 0.15) is 23.2 Å². The normalized spacial score (nSPS) is 20.6. The van der Waals surface area contributed by atoms with Crippen molar-refractivity contribution in [2.24, 2.45) is 0 Å². The van der Waals surface area contributed by atoms with Crippen LogP contribution < -0.4 is 0 Å². The highest BCUT2D eigenvalue weighted by atomic mass is 35.5. The van der Waals surface area contributed by atoms with Gasteiger partial charge in [-0.1, -0.05) is 11.6 Å². The summed E-state index contributed by atoms with van der Waals surface area (Å²) in [6.45, 7) is 3.11. The highest BCUT2D eigenvalue weighted by molar-refractivity contribution is 6.31. The first kappa shape index (κ1) is 12.9. The predicted octanol–water partition coefficient (Wildman–Crippen LogP) is 2.40. The first-order valence-electron chi connectivity index (χ1n) is 6.63. The van der Waals surface area contributed by atoms with E-state index in [-0.39, 0.29) is 11.5 Å². The van der Waals surface area contributed by atoms with Crippen LogP contribution in [0.5, 0.6) is 0 Å². The van der Waals surface area contributed by atoms with E-state index in [1.54, 1.807) is 4.90 Å². The number of carbonyl (C=O) groups excluding carboxylic acids is 1. The molecule has 19 heavy (non-hydrogen) atoms. The molecule has 1 saturated heterocycles. The average molecular weight is 283 g/mol. The SMILES string of the molecule is O=C(c1cc(Cl)ccc1F)N1CCN(C2CC2)CC1. The molecule has 2 fully saturated rings. The van der Waals surface area contributed by atoms with E-state index in [1.807, 2.05) is 0 Å². The molecule has 1 aliphatic carbocycles. The molecule has 3 nitrogen and oxygen atoms in total. The number of halogens is 2. The zero-order valence-corrected chi connectivity index (χ0v) is 11.4. The van der Waals surface area contributed by atoms with E-state index in [2.05, 4.69) is 4.90 Å². The second-order valence-corrected chi connectivity index (χ2v) is 5.62. The Morgan fingerprint density at radius 1 is 1.21 bits per heavy atom. The number of carbonyl (C=O) groups is 1. The summed E-state index contributed by atoms with van der Waals surface area (Å²) in [5.74, 6) is -0.755. The Morgan fingerprint density at radius 3 is 2.53 bits per heavy atom. The van der Waals surface area contributed by atoms with Crippen molar-refractivity contribution in [2.45, 2.75) is 18.9 Å². The molecule has 1 heterocycles. The van der Waals surface area contributed by atoms with Gasteiger partial charge >= 0.3 is 0 Å². The van der Waals surface area contributed by atoms with Crippen molar-refractivity contribution < 1.29 is 9.18 Å². The fourth-order valence-electron chi connectivity index (χ4n) is 2.56. The van der Waals surface area contributed by atoms with Gasteiger partial charge in [0.2, 0.25) is 0 Å². The molecule has 0 unspecified atom stereocenters. The van der Waals surface area contributed by atoms with Gasteiger partial charge in [0.15, 0.2) is 0 Å². The van der Waals surface area contributed by atoms with Gasteiger partial charge in [-0.25, -0.2) is 4.39 Å². The summed E-state index contributed by atoms with van der Waals surface area (Å²) in [5.41, 5.74) is 0.0763. The van der Waals surface area contributed by atoms with E-state index in [0.717, 1.165) is 19.1 Å². The first-order chi connectivity index (χ1) is 9.15. The summed E-state index contributed by atoms with van der Waals surface area (Å²) >= 11 is 5.83. The molecular formula is C14H16ClFN2O. The van der Waals surface area contributed by atoms with Crippen molar-refractivity contribution in [2.75, 3.05) is 26.2 Å². The van der Waals surface area contributed by atoms with Crippen LogP contribution in [0.2, 0.25) is 5.02 Å². The van der Waals surface area contributed by atoms with Gasteiger partial charge in [0.25, 0.3) is 5.91 Å². The molecule has 0 bridgehead atoms. The summed E-state index contributed by atoms with van der Waals surface area (Å²) in [5, 5.41) is 0.390. The lowest BCUT2D eigenvalue weighted by molar-refractivity contribution is 0.0623. The van der Waals surface area contributed by atoms with Crippen LogP contribution in [0.25, 0.3) is 0 Å². The third kappa shape index (κ3) is 2.74. The van der Waals surface area contributed by atoms with E-state index in [0.29, 0.717) is 18.1 Å². The summed E-state index contributed by atoms with van der Waals surface area (Å²) in [6, 6.07) is 4.83. The molecule has 1 aromatic rings. The molecular weight excluding hydrogens is 267 g/mol. The Kier molecular flexibility index (Phi) is 3.46. The Hall–Kier alpha value is -1.13. The molecule has 1 aromatic carbocycles. The maximum Gasteiger partial charge on any atom is 0.256 e. The van der Waals surface area contributed by atoms with Gasteiger partial charge < -0.3 is 4.90 Å². The Bertz CT molecular complexity index is 496. The molecule has 0 spiro atoms. The Balaban J connectivity index is 1.68. The summed E-state index contributed by atoms with van der Waals surface area (Å²) in [4.78, 5) is 16.4. The number of hydrogen-bond acceptors (Lipinski definition) is 2. The van der Waals surface area contributed by atoms with Gasteiger partial charge in [-0.2, -0.15) is 0 Å². The topological polar surface area (TPSA) is 23.6 Å². The molecule has 0 atom stereocenters. The van der Waals surface area contributed by atoms with Gasteiger partial charge in [-0.3, -0.25) is 9.69 Å². The third-order valence-corrected chi connectivity index (χ3v) is 4.06. The van der Waals surface area contributed by atoms with Gasteiger partial charge in [-0.05, 0) is 31.0 Å². The zero-order chi connectivity index (χ0) is 13.4. The standard InChI is InChI=1S/C14H16ClFN2O/c15-10-1-4-13(16)12(9-10)14(19)18-7-5-17(6-8-18)11-2-3-11/h1,4,9,11H,2-3,5-8H2. The highest BCUT2D eigenvalue weighted by Crippen LogP contribution is 2.27. The van der Waals surface area contributed by atoms with Gasteiger partial charge in [-0.15, -0.1) is 0 Å². The number of amides is 1. The minimum Gasteiger partial charge on any atom is -0.336 e. The Morgan fingerprint density at radius 2 is 1.89 bits per heavy atom. The van der Waals surface area contributed by atoms with Crippen molar-refractivity contribution in [1.29, 1.82) is 0 Å². The Labute approximate surface area is 116 Å². The van der Waals surface area contributed by atoms with Crippen LogP contribution in [0, 0.1) is 5.82 Å². The lowest BCUT2D eigenvalue weighted by Crippen LogP contribution is -2.49. The molecule has 1 amide bonds. The monoisotopic (exact) mass is 282 g/mol. The summed E-state index contributed by atoms with van der Waals surface area (Å²) < 4.78 is 13.7. The third-order valence-electron chi connectivity index (χ3n) is 3.82. The molecule has 102 valence electrons. The maximum atomic E-state index is 13.7. The predicted molar refractivity (Wildman–Crippen MR) is 71.9 cm³/mol. The number of piperazine rings is 1. The van der Waals surface area contributed by atoms with E-state index in [4.69, 9.17) is 11.6 Å². The van der Waals surface area contributed by atoms with Gasteiger partial charge in [0, 0.05) is 37.2 Å². The largest absolute Gasteiger partial charge is 0.336 e. The second kappa shape index (κ2) is 5.10. The fourth-order valence-corrected chi connectivity index (χ4v) is 2.73. The number of hydrogen-bond donors (Lipinski definition) is 0. The van der Waals surface area contributed by atoms with Crippen molar-refractivity contribution in [3.63, 3.8) is 0 Å². The first-order valence-corrected chi connectivity index (χ1v) is 7.01. The minimum absolute atomic E-state index is 0.0763. The van der Waals surface area contributed by atoms with Crippen LogP contribution in [0.15, 0.2) is 18.2 Å². The lowest BCUT2D eigenvalue weighted by atomic mass is 10.1. The summed E-state index contributed by atoms with van der Waals surface area (Å²) in [7, 11) is 0. The van der Waals surface area contributed by atoms with Crippen molar-refractivity contribution >= 4 is 17.5 Å². The molecule has 2 aliphatic rings. The molecule has 0 N–H and O–H groups in total. The zero-order valence-electron chi connectivity index (χ0n) is 10.6. The second-order valence-electron chi connectivity index (χ2n) is 5.18. The molecule has 3 rings (SSSR count). The average Bonchev–Trinajstić information content (AvgIpc) is 3.25.